The first-order valence-electron chi connectivity index (χ1n) is 6.73. The maximum absolute atomic E-state index is 11.3. The zero-order chi connectivity index (χ0) is 12.8. The second kappa shape index (κ2) is 4.09. The standard InChI is InChI=1S/C15H20N2O/c1-17-10-11-5-7-15(17,8-6-11)13-4-2-3-12(9-13)14(16)18/h2-4,9,11H,5-8,10H2,1H3,(H2,16,18). The molecular weight excluding hydrogens is 224 g/mol. The maximum atomic E-state index is 11.3. The molecule has 2 N–H and O–H groups in total. The first-order valence-corrected chi connectivity index (χ1v) is 6.73. The summed E-state index contributed by atoms with van der Waals surface area (Å²) in [6.45, 7) is 1.18. The summed E-state index contributed by atoms with van der Waals surface area (Å²) in [5.41, 5.74) is 7.42. The van der Waals surface area contributed by atoms with Crippen LogP contribution < -0.4 is 5.73 Å². The number of hydrogen-bond donors (Lipinski definition) is 1. The fraction of sp³-hybridized carbons (Fsp3) is 0.533. The highest BCUT2D eigenvalue weighted by Gasteiger charge is 2.45. The van der Waals surface area contributed by atoms with Crippen molar-refractivity contribution in [2.24, 2.45) is 11.7 Å². The largest absolute Gasteiger partial charge is 0.366 e. The van der Waals surface area contributed by atoms with Crippen molar-refractivity contribution < 1.29 is 4.79 Å². The van der Waals surface area contributed by atoms with Crippen molar-refractivity contribution in [3.63, 3.8) is 0 Å². The van der Waals surface area contributed by atoms with Crippen LogP contribution in [0.3, 0.4) is 0 Å². The molecule has 1 aliphatic carbocycles. The van der Waals surface area contributed by atoms with Gasteiger partial charge in [0.15, 0.2) is 0 Å². The Morgan fingerprint density at radius 2 is 2.11 bits per heavy atom. The molecule has 3 heteroatoms. The van der Waals surface area contributed by atoms with Crippen LogP contribution in [-0.2, 0) is 5.54 Å². The van der Waals surface area contributed by atoms with Gasteiger partial charge in [-0.2, -0.15) is 0 Å². The molecule has 0 aromatic heterocycles. The van der Waals surface area contributed by atoms with Crippen molar-refractivity contribution in [1.29, 1.82) is 0 Å². The molecule has 1 amide bonds. The van der Waals surface area contributed by atoms with E-state index in [1.54, 1.807) is 6.07 Å². The number of nitrogens with two attached hydrogens (primary N) is 1. The smallest absolute Gasteiger partial charge is 0.248 e. The lowest BCUT2D eigenvalue weighted by molar-refractivity contribution is -0.0195. The number of piperidine rings is 2. The van der Waals surface area contributed by atoms with Gasteiger partial charge in [0.2, 0.25) is 5.91 Å². The van der Waals surface area contributed by atoms with E-state index in [0.717, 1.165) is 5.92 Å². The fourth-order valence-electron chi connectivity index (χ4n) is 3.75. The number of carbonyl (C=O) groups is 1. The zero-order valence-electron chi connectivity index (χ0n) is 10.9. The van der Waals surface area contributed by atoms with Crippen LogP contribution in [0.2, 0.25) is 0 Å². The van der Waals surface area contributed by atoms with Gasteiger partial charge in [0, 0.05) is 17.6 Å². The van der Waals surface area contributed by atoms with E-state index >= 15 is 0 Å². The molecule has 0 radical (unpaired) electrons. The van der Waals surface area contributed by atoms with E-state index in [1.165, 1.54) is 37.8 Å². The van der Waals surface area contributed by atoms with Crippen LogP contribution in [0.1, 0.15) is 41.6 Å². The maximum Gasteiger partial charge on any atom is 0.248 e. The summed E-state index contributed by atoms with van der Waals surface area (Å²) in [5.74, 6) is 0.539. The van der Waals surface area contributed by atoms with Crippen LogP contribution in [0, 0.1) is 5.92 Å². The van der Waals surface area contributed by atoms with Crippen LogP contribution >= 0.6 is 0 Å². The van der Waals surface area contributed by atoms with E-state index in [-0.39, 0.29) is 11.4 Å². The van der Waals surface area contributed by atoms with Gasteiger partial charge in [0.25, 0.3) is 0 Å². The Morgan fingerprint density at radius 1 is 1.39 bits per heavy atom. The Kier molecular flexibility index (Phi) is 2.67. The monoisotopic (exact) mass is 244 g/mol. The van der Waals surface area contributed by atoms with Crippen molar-refractivity contribution >= 4 is 5.91 Å². The number of nitrogens with zero attached hydrogens (tertiary/aromatic N) is 1. The third-order valence-corrected chi connectivity index (χ3v) is 4.88. The van der Waals surface area contributed by atoms with E-state index in [4.69, 9.17) is 5.73 Å². The normalized spacial score (nSPS) is 31.5. The molecule has 2 bridgehead atoms. The quantitative estimate of drug-likeness (QED) is 0.866. The first kappa shape index (κ1) is 11.7. The lowest BCUT2D eigenvalue weighted by Crippen LogP contribution is -2.54. The van der Waals surface area contributed by atoms with Gasteiger partial charge < -0.3 is 5.73 Å². The molecular formula is C15H20N2O. The lowest BCUT2D eigenvalue weighted by Gasteiger charge is -2.53. The molecule has 2 heterocycles. The molecule has 4 rings (SSSR count). The average molecular weight is 244 g/mol. The minimum absolute atomic E-state index is 0.139. The first-order chi connectivity index (χ1) is 8.62. The summed E-state index contributed by atoms with van der Waals surface area (Å²) in [4.78, 5) is 13.8. The van der Waals surface area contributed by atoms with Crippen LogP contribution in [0.5, 0.6) is 0 Å². The van der Waals surface area contributed by atoms with Crippen molar-refractivity contribution in [1.82, 2.24) is 4.90 Å². The Labute approximate surface area is 108 Å². The molecule has 1 saturated carbocycles. The molecule has 0 atom stereocenters. The molecule has 1 aromatic rings. The molecule has 18 heavy (non-hydrogen) atoms. The number of hydrogen-bond acceptors (Lipinski definition) is 2. The van der Waals surface area contributed by atoms with Crippen LogP contribution in [-0.4, -0.2) is 24.4 Å². The SMILES string of the molecule is CN1CC2CCC1(c1cccc(C(N)=O)c1)CC2. The number of carbonyl (C=O) groups excluding carboxylic acids is 1. The highest BCUT2D eigenvalue weighted by atomic mass is 16.1. The summed E-state index contributed by atoms with van der Waals surface area (Å²) in [6.07, 6.45) is 5.03. The van der Waals surface area contributed by atoms with Gasteiger partial charge in [-0.05, 0) is 56.3 Å². The van der Waals surface area contributed by atoms with Gasteiger partial charge >= 0.3 is 0 Å². The highest BCUT2D eigenvalue weighted by Crippen LogP contribution is 2.48. The van der Waals surface area contributed by atoms with Crippen molar-refractivity contribution in [3.8, 4) is 0 Å². The Bertz CT molecular complexity index is 475. The molecule has 3 nitrogen and oxygen atoms in total. The minimum Gasteiger partial charge on any atom is -0.366 e. The van der Waals surface area contributed by atoms with Crippen LogP contribution in [0.4, 0.5) is 0 Å². The molecule has 2 aliphatic heterocycles. The zero-order valence-corrected chi connectivity index (χ0v) is 10.9. The predicted octanol–water partition coefficient (Wildman–Crippen LogP) is 2.12. The molecule has 0 unspecified atom stereocenters. The summed E-state index contributed by atoms with van der Waals surface area (Å²) < 4.78 is 0. The summed E-state index contributed by atoms with van der Waals surface area (Å²) >= 11 is 0. The Balaban J connectivity index is 2.02. The summed E-state index contributed by atoms with van der Waals surface area (Å²) in [5, 5.41) is 0. The topological polar surface area (TPSA) is 46.3 Å². The average Bonchev–Trinajstić information content (AvgIpc) is 2.40. The lowest BCUT2D eigenvalue weighted by atomic mass is 9.67. The van der Waals surface area contributed by atoms with E-state index < -0.39 is 0 Å². The molecule has 2 saturated heterocycles. The van der Waals surface area contributed by atoms with Gasteiger partial charge in [0.1, 0.15) is 0 Å². The van der Waals surface area contributed by atoms with Crippen molar-refractivity contribution in [2.45, 2.75) is 31.2 Å². The van der Waals surface area contributed by atoms with Gasteiger partial charge in [-0.1, -0.05) is 12.1 Å². The van der Waals surface area contributed by atoms with Crippen LogP contribution in [0.25, 0.3) is 0 Å². The number of rotatable bonds is 2. The number of benzene rings is 1. The van der Waals surface area contributed by atoms with Gasteiger partial charge in [0.05, 0.1) is 0 Å². The highest BCUT2D eigenvalue weighted by molar-refractivity contribution is 5.92. The second-order valence-electron chi connectivity index (χ2n) is 5.80. The summed E-state index contributed by atoms with van der Waals surface area (Å²) in [6, 6.07) is 7.90. The molecule has 3 aliphatic rings. The van der Waals surface area contributed by atoms with E-state index in [9.17, 15) is 4.79 Å². The second-order valence-corrected chi connectivity index (χ2v) is 5.80. The number of fused-ring (bicyclic) bond motifs is 3. The Morgan fingerprint density at radius 3 is 2.72 bits per heavy atom. The summed E-state index contributed by atoms with van der Waals surface area (Å²) in [7, 11) is 2.21. The molecule has 0 spiro atoms. The fourth-order valence-corrected chi connectivity index (χ4v) is 3.75. The minimum atomic E-state index is -0.333. The number of amides is 1. The molecule has 1 aromatic carbocycles. The van der Waals surface area contributed by atoms with Gasteiger partial charge in [-0.3, -0.25) is 9.69 Å². The van der Waals surface area contributed by atoms with Gasteiger partial charge in [-0.25, -0.2) is 0 Å². The molecule has 3 fully saturated rings. The Hall–Kier alpha value is -1.35. The van der Waals surface area contributed by atoms with Gasteiger partial charge in [-0.15, -0.1) is 0 Å². The predicted molar refractivity (Wildman–Crippen MR) is 71.2 cm³/mol. The third kappa shape index (κ3) is 1.65. The number of primary amides is 1. The van der Waals surface area contributed by atoms with E-state index in [0.29, 0.717) is 5.56 Å². The van der Waals surface area contributed by atoms with Crippen molar-refractivity contribution in [2.75, 3.05) is 13.6 Å². The van der Waals surface area contributed by atoms with E-state index in [1.807, 2.05) is 12.1 Å². The van der Waals surface area contributed by atoms with Crippen molar-refractivity contribution in [3.05, 3.63) is 35.4 Å². The third-order valence-electron chi connectivity index (χ3n) is 4.88. The molecule has 96 valence electrons. The van der Waals surface area contributed by atoms with E-state index in [2.05, 4.69) is 18.0 Å². The van der Waals surface area contributed by atoms with Crippen LogP contribution in [0.15, 0.2) is 24.3 Å².